The zero-order valence-corrected chi connectivity index (χ0v) is 13.9. The van der Waals surface area contributed by atoms with Crippen molar-refractivity contribution in [3.8, 4) is 0 Å². The Bertz CT molecular complexity index is 814. The van der Waals surface area contributed by atoms with Gasteiger partial charge in [0.1, 0.15) is 0 Å². The summed E-state index contributed by atoms with van der Waals surface area (Å²) in [6.07, 6.45) is -4.52. The molecule has 0 radical (unpaired) electrons. The Morgan fingerprint density at radius 2 is 1.41 bits per heavy atom. The number of hydrogen-bond acceptors (Lipinski definition) is 3. The first-order valence-corrected chi connectivity index (χ1v) is 7.70. The summed E-state index contributed by atoms with van der Waals surface area (Å²) in [5.41, 5.74) is -1.43. The molecule has 0 aliphatic rings. The molecule has 27 heavy (non-hydrogen) atoms. The number of alkyl halides is 5. The molecule has 0 aliphatic carbocycles. The number of anilines is 1. The van der Waals surface area contributed by atoms with Crippen LogP contribution in [0.1, 0.15) is 28.4 Å². The summed E-state index contributed by atoms with van der Waals surface area (Å²) in [5, 5.41) is 2.37. The molecule has 0 bridgehead atoms. The van der Waals surface area contributed by atoms with Crippen LogP contribution in [0.5, 0.6) is 0 Å². The van der Waals surface area contributed by atoms with E-state index < -0.39 is 35.1 Å². The Kier molecular flexibility index (Phi) is 5.82. The third-order valence-corrected chi connectivity index (χ3v) is 3.51. The molecule has 0 aromatic heterocycles. The minimum atomic E-state index is -4.52. The van der Waals surface area contributed by atoms with Crippen molar-refractivity contribution >= 4 is 17.6 Å². The van der Waals surface area contributed by atoms with Gasteiger partial charge in [-0.15, -0.1) is 0 Å². The first-order valence-electron chi connectivity index (χ1n) is 7.70. The predicted octanol–water partition coefficient (Wildman–Crippen LogP) is 4.61. The summed E-state index contributed by atoms with van der Waals surface area (Å²) in [6, 6.07) is 7.70. The lowest BCUT2D eigenvalue weighted by molar-refractivity contribution is -0.173. The first kappa shape index (κ1) is 20.3. The summed E-state index contributed by atoms with van der Waals surface area (Å²) in [7, 11) is 0. The van der Waals surface area contributed by atoms with Crippen LogP contribution in [-0.4, -0.2) is 18.5 Å². The fraction of sp³-hybridized carbons (Fsp3) is 0.222. The number of esters is 1. The lowest BCUT2D eigenvalue weighted by Gasteiger charge is -2.15. The zero-order chi connectivity index (χ0) is 20.2. The van der Waals surface area contributed by atoms with Gasteiger partial charge in [-0.3, -0.25) is 4.79 Å². The average Bonchev–Trinajstić information content (AvgIpc) is 2.61. The van der Waals surface area contributed by atoms with E-state index >= 15 is 0 Å². The minimum Gasteiger partial charge on any atom is -0.461 e. The number of rotatable bonds is 5. The molecule has 0 saturated heterocycles. The number of nitrogens with one attached hydrogen (secondary N) is 1. The topological polar surface area (TPSA) is 55.4 Å². The van der Waals surface area contributed by atoms with Gasteiger partial charge in [0.2, 0.25) is 0 Å². The lowest BCUT2D eigenvalue weighted by atomic mass is 10.1. The quantitative estimate of drug-likeness (QED) is 0.602. The van der Waals surface area contributed by atoms with E-state index in [2.05, 4.69) is 10.1 Å². The number of benzene rings is 2. The third-order valence-electron chi connectivity index (χ3n) is 3.51. The van der Waals surface area contributed by atoms with E-state index in [0.717, 1.165) is 48.5 Å². The summed E-state index contributed by atoms with van der Waals surface area (Å²) in [5.74, 6) is -6.24. The summed E-state index contributed by atoms with van der Waals surface area (Å²) < 4.78 is 69.6. The largest absolute Gasteiger partial charge is 0.461 e. The van der Waals surface area contributed by atoms with Crippen molar-refractivity contribution in [3.63, 3.8) is 0 Å². The summed E-state index contributed by atoms with van der Waals surface area (Å²) in [4.78, 5) is 23.3. The zero-order valence-electron chi connectivity index (χ0n) is 13.9. The van der Waals surface area contributed by atoms with Crippen molar-refractivity contribution in [3.05, 3.63) is 65.2 Å². The van der Waals surface area contributed by atoms with Crippen molar-refractivity contribution in [2.24, 2.45) is 0 Å². The van der Waals surface area contributed by atoms with E-state index in [9.17, 15) is 31.5 Å². The van der Waals surface area contributed by atoms with Gasteiger partial charge in [0.25, 0.3) is 5.91 Å². The van der Waals surface area contributed by atoms with E-state index in [1.54, 1.807) is 0 Å². The van der Waals surface area contributed by atoms with Gasteiger partial charge in [-0.2, -0.15) is 22.0 Å². The molecule has 1 amide bonds. The highest BCUT2D eigenvalue weighted by Crippen LogP contribution is 2.31. The van der Waals surface area contributed by atoms with Gasteiger partial charge in [0.05, 0.1) is 12.2 Å². The lowest BCUT2D eigenvalue weighted by Crippen LogP contribution is -2.28. The molecule has 0 spiro atoms. The van der Waals surface area contributed by atoms with Gasteiger partial charge < -0.3 is 10.1 Å². The van der Waals surface area contributed by atoms with Crippen LogP contribution in [0, 0.1) is 0 Å². The monoisotopic (exact) mass is 387 g/mol. The van der Waals surface area contributed by atoms with Crippen LogP contribution in [0.15, 0.2) is 48.5 Å². The van der Waals surface area contributed by atoms with Crippen LogP contribution < -0.4 is 5.32 Å². The maximum atomic E-state index is 13.9. The fourth-order valence-corrected chi connectivity index (χ4v) is 2.12. The molecule has 2 aromatic rings. The number of carbonyl (C=O) groups excluding carboxylic acids is 2. The van der Waals surface area contributed by atoms with Crippen molar-refractivity contribution in [1.29, 1.82) is 0 Å². The molecule has 0 fully saturated rings. The second kappa shape index (κ2) is 7.73. The highest BCUT2D eigenvalue weighted by atomic mass is 19.4. The Morgan fingerprint density at radius 1 is 0.889 bits per heavy atom. The number of carbonyl (C=O) groups is 2. The molecule has 144 valence electrons. The highest BCUT2D eigenvalue weighted by molar-refractivity contribution is 6.04. The van der Waals surface area contributed by atoms with Crippen LogP contribution in [-0.2, 0) is 21.6 Å². The van der Waals surface area contributed by atoms with Crippen molar-refractivity contribution in [2.45, 2.75) is 19.0 Å². The van der Waals surface area contributed by atoms with Crippen LogP contribution >= 0.6 is 0 Å². The van der Waals surface area contributed by atoms with Crippen molar-refractivity contribution in [2.75, 3.05) is 11.9 Å². The van der Waals surface area contributed by atoms with E-state index in [4.69, 9.17) is 0 Å². The number of ether oxygens (including phenoxy) is 1. The molecule has 0 aliphatic heterocycles. The van der Waals surface area contributed by atoms with Crippen molar-refractivity contribution < 1.29 is 36.3 Å². The molecule has 4 nitrogen and oxygen atoms in total. The number of hydrogen-bond donors (Lipinski definition) is 1. The van der Waals surface area contributed by atoms with Gasteiger partial charge in [-0.05, 0) is 43.3 Å². The first-order chi connectivity index (χ1) is 12.6. The van der Waals surface area contributed by atoms with Gasteiger partial charge >= 0.3 is 18.1 Å². The van der Waals surface area contributed by atoms with Gasteiger partial charge in [-0.25, -0.2) is 4.79 Å². The van der Waals surface area contributed by atoms with Crippen LogP contribution in [0.4, 0.5) is 27.6 Å². The molecule has 2 rings (SSSR count). The smallest absolute Gasteiger partial charge is 0.416 e. The minimum absolute atomic E-state index is 0.0380. The van der Waals surface area contributed by atoms with E-state index in [-0.39, 0.29) is 17.9 Å². The maximum Gasteiger partial charge on any atom is 0.416 e. The molecule has 0 heterocycles. The van der Waals surface area contributed by atoms with Crippen LogP contribution in [0.3, 0.4) is 0 Å². The predicted molar refractivity (Wildman–Crippen MR) is 86.4 cm³/mol. The second-order valence-electron chi connectivity index (χ2n) is 5.40. The van der Waals surface area contributed by atoms with Crippen LogP contribution in [0.25, 0.3) is 0 Å². The normalized spacial score (nSPS) is 11.8. The van der Waals surface area contributed by atoms with Crippen molar-refractivity contribution in [1.82, 2.24) is 0 Å². The van der Waals surface area contributed by atoms with Crippen LogP contribution in [0.2, 0.25) is 0 Å². The van der Waals surface area contributed by atoms with Gasteiger partial charge in [-0.1, -0.05) is 12.1 Å². The van der Waals surface area contributed by atoms with E-state index in [1.807, 2.05) is 0 Å². The summed E-state index contributed by atoms with van der Waals surface area (Å²) >= 11 is 0. The maximum absolute atomic E-state index is 13.9. The third kappa shape index (κ3) is 4.81. The second-order valence-corrected chi connectivity index (χ2v) is 5.40. The Hall–Kier alpha value is -2.97. The molecule has 1 N–H and O–H groups in total. The number of amides is 1. The Balaban J connectivity index is 2.10. The molecule has 0 saturated carbocycles. The van der Waals surface area contributed by atoms with Gasteiger partial charge in [0, 0.05) is 16.8 Å². The SMILES string of the molecule is CCOC(=O)C(F)(F)c1ccc(NC(=O)c2ccc(C(F)(F)F)cc2)cc1. The summed E-state index contributed by atoms with van der Waals surface area (Å²) in [6.45, 7) is 1.20. The molecule has 9 heteroatoms. The average molecular weight is 387 g/mol. The fourth-order valence-electron chi connectivity index (χ4n) is 2.12. The van der Waals surface area contributed by atoms with E-state index in [0.29, 0.717) is 0 Å². The number of halogens is 5. The molecule has 0 unspecified atom stereocenters. The highest BCUT2D eigenvalue weighted by Gasteiger charge is 2.42. The van der Waals surface area contributed by atoms with E-state index in [1.165, 1.54) is 6.92 Å². The van der Waals surface area contributed by atoms with Gasteiger partial charge in [0.15, 0.2) is 0 Å². The Morgan fingerprint density at radius 3 is 1.89 bits per heavy atom. The molecular weight excluding hydrogens is 373 g/mol. The standard InChI is InChI=1S/C18H14F5NO3/c1-2-27-16(26)17(19,20)12-7-9-14(10-8-12)24-15(25)11-3-5-13(6-4-11)18(21,22)23/h3-10H,2H2,1H3,(H,24,25). The molecule has 0 atom stereocenters. The molecule has 2 aromatic carbocycles. The Labute approximate surface area is 150 Å². The molecular formula is C18H14F5NO3.